The Kier molecular flexibility index (Phi) is 7.50. The number of unbranched alkanes of at least 4 members (excludes halogenated alkanes) is 1. The van der Waals surface area contributed by atoms with Gasteiger partial charge in [-0.1, -0.05) is 31.5 Å². The molecule has 0 aromatic heterocycles. The maximum Gasteiger partial charge on any atom is 0.363 e. The molecule has 9 heteroatoms. The molecule has 0 aliphatic carbocycles. The SMILES string of the molecule is CCCCOc1ccc(C2=N/C(=C/c3cccc(OC(=O)c4cccc([N+](=O)[O-])c4)c3)C(=O)O2)cc1. The second kappa shape index (κ2) is 11.1. The van der Waals surface area contributed by atoms with Crippen molar-refractivity contribution in [2.45, 2.75) is 19.8 Å². The summed E-state index contributed by atoms with van der Waals surface area (Å²) in [5.74, 6) is -0.238. The van der Waals surface area contributed by atoms with Crippen LogP contribution in [0.4, 0.5) is 5.69 Å². The first-order valence-electron chi connectivity index (χ1n) is 11.3. The predicted molar refractivity (Wildman–Crippen MR) is 132 cm³/mol. The van der Waals surface area contributed by atoms with E-state index in [9.17, 15) is 19.7 Å². The minimum atomic E-state index is -0.744. The van der Waals surface area contributed by atoms with Crippen LogP contribution in [-0.4, -0.2) is 29.4 Å². The highest BCUT2D eigenvalue weighted by Gasteiger charge is 2.24. The van der Waals surface area contributed by atoms with Crippen molar-refractivity contribution in [1.82, 2.24) is 0 Å². The van der Waals surface area contributed by atoms with Crippen molar-refractivity contribution in [3.63, 3.8) is 0 Å². The maximum atomic E-state index is 12.4. The van der Waals surface area contributed by atoms with E-state index in [0.717, 1.165) is 24.7 Å². The smallest absolute Gasteiger partial charge is 0.363 e. The number of benzene rings is 3. The highest BCUT2D eigenvalue weighted by atomic mass is 16.6. The number of esters is 2. The summed E-state index contributed by atoms with van der Waals surface area (Å²) in [7, 11) is 0. The van der Waals surface area contributed by atoms with Gasteiger partial charge in [0, 0.05) is 17.7 Å². The minimum absolute atomic E-state index is 0.0448. The average Bonchev–Trinajstić information content (AvgIpc) is 3.24. The van der Waals surface area contributed by atoms with Crippen LogP contribution in [0.25, 0.3) is 6.08 Å². The zero-order chi connectivity index (χ0) is 25.5. The third-order valence-electron chi connectivity index (χ3n) is 5.15. The van der Waals surface area contributed by atoms with E-state index in [2.05, 4.69) is 11.9 Å². The van der Waals surface area contributed by atoms with Gasteiger partial charge >= 0.3 is 11.9 Å². The molecule has 0 atom stereocenters. The largest absolute Gasteiger partial charge is 0.494 e. The molecule has 3 aromatic rings. The quantitative estimate of drug-likeness (QED) is 0.100. The van der Waals surface area contributed by atoms with Gasteiger partial charge in [0.15, 0.2) is 5.70 Å². The Hall–Kier alpha value is -4.79. The number of nitro benzene ring substituents is 1. The molecule has 0 saturated carbocycles. The van der Waals surface area contributed by atoms with Gasteiger partial charge in [-0.15, -0.1) is 0 Å². The van der Waals surface area contributed by atoms with Gasteiger partial charge in [0.25, 0.3) is 5.69 Å². The first-order chi connectivity index (χ1) is 17.4. The fourth-order valence-corrected chi connectivity index (χ4v) is 3.30. The lowest BCUT2D eigenvalue weighted by Gasteiger charge is -2.05. The fourth-order valence-electron chi connectivity index (χ4n) is 3.30. The van der Waals surface area contributed by atoms with Gasteiger partial charge in [-0.2, -0.15) is 0 Å². The lowest BCUT2D eigenvalue weighted by Crippen LogP contribution is -2.08. The van der Waals surface area contributed by atoms with Crippen molar-refractivity contribution in [2.75, 3.05) is 6.61 Å². The van der Waals surface area contributed by atoms with E-state index >= 15 is 0 Å². The molecule has 9 nitrogen and oxygen atoms in total. The molecule has 1 aliphatic heterocycles. The molecule has 0 radical (unpaired) electrons. The fraction of sp³-hybridized carbons (Fsp3) is 0.148. The number of ether oxygens (including phenoxy) is 3. The molecule has 0 bridgehead atoms. The zero-order valence-corrected chi connectivity index (χ0v) is 19.4. The molecule has 3 aromatic carbocycles. The summed E-state index contributed by atoms with van der Waals surface area (Å²) in [6, 6.07) is 18.8. The highest BCUT2D eigenvalue weighted by Crippen LogP contribution is 2.23. The highest BCUT2D eigenvalue weighted by molar-refractivity contribution is 6.12. The van der Waals surface area contributed by atoms with Crippen LogP contribution < -0.4 is 9.47 Å². The van der Waals surface area contributed by atoms with E-state index in [0.29, 0.717) is 17.7 Å². The lowest BCUT2D eigenvalue weighted by molar-refractivity contribution is -0.384. The van der Waals surface area contributed by atoms with Crippen molar-refractivity contribution in [2.24, 2.45) is 4.99 Å². The van der Waals surface area contributed by atoms with Crippen LogP contribution in [0.5, 0.6) is 11.5 Å². The first kappa shape index (κ1) is 24.3. The number of hydrogen-bond acceptors (Lipinski definition) is 8. The van der Waals surface area contributed by atoms with Crippen molar-refractivity contribution in [3.05, 3.63) is 105 Å². The Morgan fingerprint density at radius 3 is 2.58 bits per heavy atom. The van der Waals surface area contributed by atoms with Crippen LogP contribution in [0, 0.1) is 10.1 Å². The van der Waals surface area contributed by atoms with Crippen LogP contribution in [0.2, 0.25) is 0 Å². The lowest BCUT2D eigenvalue weighted by atomic mass is 10.1. The number of aliphatic imine (C=N–C) groups is 1. The molecule has 36 heavy (non-hydrogen) atoms. The molecule has 0 amide bonds. The number of nitrogens with zero attached hydrogens (tertiary/aromatic N) is 2. The van der Waals surface area contributed by atoms with Crippen LogP contribution in [-0.2, 0) is 9.53 Å². The van der Waals surface area contributed by atoms with Gasteiger partial charge in [0.2, 0.25) is 5.90 Å². The van der Waals surface area contributed by atoms with Crippen molar-refractivity contribution in [3.8, 4) is 11.5 Å². The van der Waals surface area contributed by atoms with E-state index in [4.69, 9.17) is 14.2 Å². The summed E-state index contributed by atoms with van der Waals surface area (Å²) in [4.78, 5) is 39.4. The topological polar surface area (TPSA) is 117 Å². The van der Waals surface area contributed by atoms with Crippen LogP contribution in [0.1, 0.15) is 41.3 Å². The third-order valence-corrected chi connectivity index (χ3v) is 5.15. The number of hydrogen-bond donors (Lipinski definition) is 0. The van der Waals surface area contributed by atoms with Gasteiger partial charge in [-0.3, -0.25) is 10.1 Å². The Morgan fingerprint density at radius 2 is 1.83 bits per heavy atom. The number of non-ortho nitro benzene ring substituents is 1. The van der Waals surface area contributed by atoms with Crippen molar-refractivity contribution >= 4 is 29.6 Å². The molecular formula is C27H22N2O7. The molecule has 0 fully saturated rings. The van der Waals surface area contributed by atoms with Crippen molar-refractivity contribution in [1.29, 1.82) is 0 Å². The Labute approximate surface area is 206 Å². The summed E-state index contributed by atoms with van der Waals surface area (Å²) < 4.78 is 16.3. The van der Waals surface area contributed by atoms with E-state index in [1.54, 1.807) is 48.5 Å². The molecule has 0 spiro atoms. The first-order valence-corrected chi connectivity index (χ1v) is 11.3. The van der Waals surface area contributed by atoms with Gasteiger partial charge in [-0.05, 0) is 60.5 Å². The number of carbonyl (C=O) groups excluding carboxylic acids is 2. The molecule has 4 rings (SSSR count). The minimum Gasteiger partial charge on any atom is -0.494 e. The predicted octanol–water partition coefficient (Wildman–Crippen LogP) is 5.34. The van der Waals surface area contributed by atoms with E-state index in [1.165, 1.54) is 24.3 Å². The molecule has 1 heterocycles. The van der Waals surface area contributed by atoms with E-state index < -0.39 is 16.9 Å². The second-order valence-corrected chi connectivity index (χ2v) is 7.83. The Morgan fingerprint density at radius 1 is 1.06 bits per heavy atom. The summed E-state index contributed by atoms with van der Waals surface area (Å²) in [5.41, 5.74) is 1.11. The van der Waals surface area contributed by atoms with Crippen LogP contribution in [0.15, 0.2) is 83.5 Å². The monoisotopic (exact) mass is 486 g/mol. The number of rotatable bonds is 9. The summed E-state index contributed by atoms with van der Waals surface area (Å²) in [6.45, 7) is 2.73. The summed E-state index contributed by atoms with van der Waals surface area (Å²) >= 11 is 0. The van der Waals surface area contributed by atoms with Crippen molar-refractivity contribution < 1.29 is 28.7 Å². The molecule has 0 unspecified atom stereocenters. The maximum absolute atomic E-state index is 12.4. The van der Waals surface area contributed by atoms with E-state index in [1.807, 2.05) is 0 Å². The molecule has 182 valence electrons. The number of carbonyl (C=O) groups is 2. The Bertz CT molecular complexity index is 1360. The van der Waals surface area contributed by atoms with Gasteiger partial charge in [-0.25, -0.2) is 14.6 Å². The van der Waals surface area contributed by atoms with Gasteiger partial charge in [0.05, 0.1) is 17.1 Å². The van der Waals surface area contributed by atoms with Crippen LogP contribution >= 0.6 is 0 Å². The third kappa shape index (κ3) is 6.01. The zero-order valence-electron chi connectivity index (χ0n) is 19.4. The number of nitro groups is 1. The standard InChI is InChI=1S/C27H22N2O7/c1-2-3-14-34-22-12-10-19(11-13-22)25-28-24(27(31)36-25)16-18-6-4-9-23(15-18)35-26(30)20-7-5-8-21(17-20)29(32)33/h4-13,15-17H,2-3,14H2,1H3/b24-16+. The Balaban J connectivity index is 1.47. The molecule has 1 aliphatic rings. The number of cyclic esters (lactones) is 1. The molecule has 0 N–H and O–H groups in total. The van der Waals surface area contributed by atoms with Crippen LogP contribution in [0.3, 0.4) is 0 Å². The molecular weight excluding hydrogens is 464 g/mol. The summed E-state index contributed by atoms with van der Waals surface area (Å²) in [5, 5.41) is 10.9. The normalized spacial score (nSPS) is 13.8. The van der Waals surface area contributed by atoms with E-state index in [-0.39, 0.29) is 28.6 Å². The molecule has 0 saturated heterocycles. The van der Waals surface area contributed by atoms with Gasteiger partial charge in [0.1, 0.15) is 11.5 Å². The van der Waals surface area contributed by atoms with Gasteiger partial charge < -0.3 is 14.2 Å². The second-order valence-electron chi connectivity index (χ2n) is 7.83. The average molecular weight is 486 g/mol. The summed E-state index contributed by atoms with van der Waals surface area (Å²) in [6.07, 6.45) is 3.53.